The number of benzene rings is 1. The molecule has 2 rings (SSSR count). The Morgan fingerprint density at radius 1 is 1.35 bits per heavy atom. The summed E-state index contributed by atoms with van der Waals surface area (Å²) in [6, 6.07) is 6.52. The molecule has 1 aromatic carbocycles. The van der Waals surface area contributed by atoms with E-state index in [2.05, 4.69) is 19.6 Å². The van der Waals surface area contributed by atoms with Crippen LogP contribution in [-0.4, -0.2) is 19.2 Å². The predicted molar refractivity (Wildman–Crippen MR) is 96.8 cm³/mol. The minimum Gasteiger partial charge on any atom is -0.361 e. The molecule has 6 heteroatoms. The fraction of sp³-hybridized carbons (Fsp3) is 0.412. The van der Waals surface area contributed by atoms with Crippen LogP contribution in [0.15, 0.2) is 23.1 Å². The van der Waals surface area contributed by atoms with Crippen LogP contribution in [0.25, 0.3) is 10.9 Å². The number of nitriles is 1. The van der Waals surface area contributed by atoms with Gasteiger partial charge in [0, 0.05) is 31.3 Å². The highest BCUT2D eigenvalue weighted by Gasteiger charge is 2.13. The first-order valence-corrected chi connectivity index (χ1v) is 11.6. The Labute approximate surface area is 142 Å². The lowest BCUT2D eigenvalue weighted by molar-refractivity contribution is 0.0898. The lowest BCUT2D eigenvalue weighted by atomic mass is 10.1. The maximum atomic E-state index is 12.3. The zero-order chi connectivity index (χ0) is 17.2. The van der Waals surface area contributed by atoms with Gasteiger partial charge >= 0.3 is 0 Å². The lowest BCUT2D eigenvalue weighted by Gasteiger charge is -2.17. The number of halogens is 1. The Morgan fingerprint density at radius 2 is 2.04 bits per heavy atom. The summed E-state index contributed by atoms with van der Waals surface area (Å²) < 4.78 is 7.54. The van der Waals surface area contributed by atoms with E-state index in [4.69, 9.17) is 16.3 Å². The second kappa shape index (κ2) is 6.87. The van der Waals surface area contributed by atoms with Crippen LogP contribution in [0.4, 0.5) is 0 Å². The van der Waals surface area contributed by atoms with Crippen LogP contribution in [0.2, 0.25) is 30.7 Å². The van der Waals surface area contributed by atoms with Crippen LogP contribution in [0.3, 0.4) is 0 Å². The molecule has 0 spiro atoms. The third kappa shape index (κ3) is 4.23. The second-order valence-corrected chi connectivity index (χ2v) is 12.9. The van der Waals surface area contributed by atoms with E-state index in [1.165, 1.54) is 0 Å². The Balaban J connectivity index is 2.39. The van der Waals surface area contributed by atoms with Gasteiger partial charge in [0.2, 0.25) is 5.43 Å². The second-order valence-electron chi connectivity index (χ2n) is 6.92. The maximum absolute atomic E-state index is 12.3. The molecular formula is C17H21ClN2O2Si. The minimum absolute atomic E-state index is 0.119. The van der Waals surface area contributed by atoms with Crippen molar-refractivity contribution in [1.29, 1.82) is 5.26 Å². The van der Waals surface area contributed by atoms with Gasteiger partial charge in [0.05, 0.1) is 5.52 Å². The van der Waals surface area contributed by atoms with Gasteiger partial charge in [-0.25, -0.2) is 0 Å². The van der Waals surface area contributed by atoms with Crippen LogP contribution < -0.4 is 5.43 Å². The molecule has 0 saturated heterocycles. The highest BCUT2D eigenvalue weighted by molar-refractivity contribution is 6.76. The third-order valence-corrected chi connectivity index (χ3v) is 5.82. The first-order chi connectivity index (χ1) is 10.7. The smallest absolute Gasteiger partial charge is 0.207 e. The molecule has 0 atom stereocenters. The van der Waals surface area contributed by atoms with Crippen molar-refractivity contribution in [2.75, 3.05) is 6.61 Å². The van der Waals surface area contributed by atoms with E-state index in [0.29, 0.717) is 29.3 Å². The summed E-state index contributed by atoms with van der Waals surface area (Å²) in [5.41, 5.74) is 1.36. The number of hydrogen-bond donors (Lipinski definition) is 0. The summed E-state index contributed by atoms with van der Waals surface area (Å²) in [4.78, 5) is 12.3. The molecule has 0 aliphatic heterocycles. The zero-order valence-electron chi connectivity index (χ0n) is 13.9. The van der Waals surface area contributed by atoms with E-state index in [0.717, 1.165) is 11.6 Å². The standard InChI is InChI=1S/C17H21ClN2O2Si/c1-12-7-14-16(8-15(12)18)20(10-13(9-19)17(14)21)11-22-5-6-23(2,3)4/h7-8,10H,5-6,11H2,1-4H3. The summed E-state index contributed by atoms with van der Waals surface area (Å²) in [6.45, 7) is 9.69. The normalized spacial score (nSPS) is 11.7. The van der Waals surface area contributed by atoms with Crippen molar-refractivity contribution in [3.05, 3.63) is 44.7 Å². The summed E-state index contributed by atoms with van der Waals surface area (Å²) in [5.74, 6) is 0. The molecule has 1 heterocycles. The van der Waals surface area contributed by atoms with Crippen molar-refractivity contribution in [2.45, 2.75) is 39.3 Å². The van der Waals surface area contributed by atoms with E-state index in [1.54, 1.807) is 22.9 Å². The first-order valence-electron chi connectivity index (χ1n) is 7.54. The van der Waals surface area contributed by atoms with Gasteiger partial charge in [-0.05, 0) is 30.7 Å². The van der Waals surface area contributed by atoms with Crippen molar-refractivity contribution in [3.8, 4) is 6.07 Å². The highest BCUT2D eigenvalue weighted by atomic mass is 35.5. The number of rotatable bonds is 5. The van der Waals surface area contributed by atoms with E-state index in [1.807, 2.05) is 13.0 Å². The summed E-state index contributed by atoms with van der Waals surface area (Å²) in [7, 11) is -1.15. The Hall–Kier alpha value is -1.61. The molecule has 2 aromatic rings. The van der Waals surface area contributed by atoms with Crippen LogP contribution in [-0.2, 0) is 11.5 Å². The number of nitrogens with zero attached hydrogens (tertiary/aromatic N) is 2. The van der Waals surface area contributed by atoms with E-state index >= 15 is 0 Å². The molecule has 0 fully saturated rings. The average Bonchev–Trinajstić information content (AvgIpc) is 2.46. The molecule has 0 aliphatic rings. The molecule has 4 nitrogen and oxygen atoms in total. The zero-order valence-corrected chi connectivity index (χ0v) is 15.7. The SMILES string of the molecule is Cc1cc2c(=O)c(C#N)cn(COCC[Si](C)(C)C)c2cc1Cl. The maximum Gasteiger partial charge on any atom is 0.207 e. The van der Waals surface area contributed by atoms with Crippen molar-refractivity contribution < 1.29 is 4.74 Å². The molecule has 0 saturated carbocycles. The van der Waals surface area contributed by atoms with E-state index < -0.39 is 8.07 Å². The molecular weight excluding hydrogens is 328 g/mol. The molecule has 0 aliphatic carbocycles. The van der Waals surface area contributed by atoms with Gasteiger partial charge in [-0.3, -0.25) is 4.79 Å². The topological polar surface area (TPSA) is 55.0 Å². The van der Waals surface area contributed by atoms with Gasteiger partial charge in [0.1, 0.15) is 18.4 Å². The third-order valence-electron chi connectivity index (χ3n) is 3.71. The number of pyridine rings is 1. The first kappa shape index (κ1) is 17.7. The van der Waals surface area contributed by atoms with Gasteiger partial charge in [-0.1, -0.05) is 31.2 Å². The van der Waals surface area contributed by atoms with Gasteiger partial charge in [0.25, 0.3) is 0 Å². The number of hydrogen-bond acceptors (Lipinski definition) is 3. The molecule has 122 valence electrons. The van der Waals surface area contributed by atoms with Crippen LogP contribution >= 0.6 is 11.6 Å². The molecule has 23 heavy (non-hydrogen) atoms. The quantitative estimate of drug-likeness (QED) is 0.602. The molecule has 0 bridgehead atoms. The van der Waals surface area contributed by atoms with Crippen molar-refractivity contribution >= 4 is 30.6 Å². The van der Waals surface area contributed by atoms with Crippen LogP contribution in [0, 0.1) is 18.3 Å². The minimum atomic E-state index is -1.15. The van der Waals surface area contributed by atoms with Gasteiger partial charge in [0.15, 0.2) is 0 Å². The molecule has 1 aromatic heterocycles. The Kier molecular flexibility index (Phi) is 5.30. The van der Waals surface area contributed by atoms with Gasteiger partial charge in [-0.15, -0.1) is 0 Å². The predicted octanol–water partition coefficient (Wildman–Crippen LogP) is 4.15. The fourth-order valence-electron chi connectivity index (χ4n) is 2.25. The largest absolute Gasteiger partial charge is 0.361 e. The van der Waals surface area contributed by atoms with Crippen molar-refractivity contribution in [3.63, 3.8) is 0 Å². The van der Waals surface area contributed by atoms with Crippen molar-refractivity contribution in [2.24, 2.45) is 0 Å². The molecule has 0 radical (unpaired) electrons. The number of ether oxygens (including phenoxy) is 1. The lowest BCUT2D eigenvalue weighted by Crippen LogP contribution is -2.22. The number of aromatic nitrogens is 1. The summed E-state index contributed by atoms with van der Waals surface area (Å²) in [6.07, 6.45) is 1.55. The fourth-order valence-corrected chi connectivity index (χ4v) is 3.16. The Bertz CT molecular complexity index is 832. The van der Waals surface area contributed by atoms with Crippen LogP contribution in [0.5, 0.6) is 0 Å². The summed E-state index contributed by atoms with van der Waals surface area (Å²) >= 11 is 6.19. The molecule has 0 amide bonds. The van der Waals surface area contributed by atoms with Gasteiger partial charge < -0.3 is 9.30 Å². The Morgan fingerprint density at radius 3 is 2.65 bits per heavy atom. The summed E-state index contributed by atoms with van der Waals surface area (Å²) in [5, 5.41) is 10.3. The van der Waals surface area contributed by atoms with Crippen molar-refractivity contribution in [1.82, 2.24) is 4.57 Å². The van der Waals surface area contributed by atoms with Gasteiger partial charge in [-0.2, -0.15) is 5.26 Å². The van der Waals surface area contributed by atoms with E-state index in [9.17, 15) is 10.1 Å². The number of fused-ring (bicyclic) bond motifs is 1. The molecule has 0 N–H and O–H groups in total. The molecule has 0 unspecified atom stereocenters. The number of aryl methyl sites for hydroxylation is 1. The monoisotopic (exact) mass is 348 g/mol. The average molecular weight is 349 g/mol. The van der Waals surface area contributed by atoms with E-state index in [-0.39, 0.29) is 11.0 Å². The highest BCUT2D eigenvalue weighted by Crippen LogP contribution is 2.22. The van der Waals surface area contributed by atoms with Crippen LogP contribution in [0.1, 0.15) is 11.1 Å².